The van der Waals surface area contributed by atoms with Gasteiger partial charge in [-0.1, -0.05) is 6.42 Å². The fourth-order valence-electron chi connectivity index (χ4n) is 2.84. The first kappa shape index (κ1) is 15.6. The quantitative estimate of drug-likeness (QED) is 0.946. The second-order valence-electron chi connectivity index (χ2n) is 5.76. The van der Waals surface area contributed by atoms with Crippen molar-refractivity contribution in [2.24, 2.45) is 0 Å². The van der Waals surface area contributed by atoms with Crippen LogP contribution < -0.4 is 5.32 Å². The molecule has 0 bridgehead atoms. The third-order valence-corrected chi connectivity index (χ3v) is 4.05. The molecule has 0 fully saturated rings. The minimum atomic E-state index is -0.754. The Labute approximate surface area is 132 Å². The van der Waals surface area contributed by atoms with Crippen LogP contribution in [0.3, 0.4) is 0 Å². The van der Waals surface area contributed by atoms with Gasteiger partial charge in [0.15, 0.2) is 5.82 Å². The molecule has 0 saturated heterocycles. The SMILES string of the molecule is C[C@H](NC(=O)c1cc(F)ccc1F)c1nnc2n1CCCCC2. The molecule has 122 valence electrons. The van der Waals surface area contributed by atoms with Gasteiger partial charge in [0, 0.05) is 13.0 Å². The standard InChI is InChI=1S/C16H18F2N4O/c1-10(15-21-20-14-5-3-2-4-8-22(14)15)19-16(23)12-9-11(17)6-7-13(12)18/h6-7,9-10H,2-5,8H2,1H3,(H,19,23)/t10-/m0/s1. The van der Waals surface area contributed by atoms with Crippen LogP contribution in [-0.2, 0) is 13.0 Å². The monoisotopic (exact) mass is 320 g/mol. The average Bonchev–Trinajstić information content (AvgIpc) is 2.78. The number of aromatic nitrogens is 3. The molecule has 23 heavy (non-hydrogen) atoms. The number of aryl methyl sites for hydroxylation is 1. The van der Waals surface area contributed by atoms with Gasteiger partial charge in [0.05, 0.1) is 11.6 Å². The molecular weight excluding hydrogens is 302 g/mol. The third-order valence-electron chi connectivity index (χ3n) is 4.05. The molecule has 7 heteroatoms. The van der Waals surface area contributed by atoms with Crippen molar-refractivity contribution < 1.29 is 13.6 Å². The first-order chi connectivity index (χ1) is 11.1. The molecule has 0 radical (unpaired) electrons. The second kappa shape index (κ2) is 6.44. The number of halogens is 2. The smallest absolute Gasteiger partial charge is 0.254 e. The Morgan fingerprint density at radius 2 is 2.09 bits per heavy atom. The lowest BCUT2D eigenvalue weighted by atomic mass is 10.1. The van der Waals surface area contributed by atoms with Crippen molar-refractivity contribution in [3.8, 4) is 0 Å². The normalized spacial score (nSPS) is 15.6. The van der Waals surface area contributed by atoms with Crippen molar-refractivity contribution in [1.82, 2.24) is 20.1 Å². The number of rotatable bonds is 3. The summed E-state index contributed by atoms with van der Waals surface area (Å²) < 4.78 is 28.9. The van der Waals surface area contributed by atoms with Crippen LogP contribution >= 0.6 is 0 Å². The van der Waals surface area contributed by atoms with Crippen molar-refractivity contribution >= 4 is 5.91 Å². The fraction of sp³-hybridized carbons (Fsp3) is 0.438. The summed E-state index contributed by atoms with van der Waals surface area (Å²) in [5.41, 5.74) is -0.313. The zero-order valence-electron chi connectivity index (χ0n) is 12.9. The van der Waals surface area contributed by atoms with E-state index in [9.17, 15) is 13.6 Å². The van der Waals surface area contributed by atoms with Gasteiger partial charge >= 0.3 is 0 Å². The fourth-order valence-corrected chi connectivity index (χ4v) is 2.84. The van der Waals surface area contributed by atoms with Gasteiger partial charge in [-0.2, -0.15) is 0 Å². The number of carbonyl (C=O) groups excluding carboxylic acids is 1. The topological polar surface area (TPSA) is 59.8 Å². The van der Waals surface area contributed by atoms with Gasteiger partial charge in [0.2, 0.25) is 0 Å². The molecule has 1 aliphatic heterocycles. The second-order valence-corrected chi connectivity index (χ2v) is 5.76. The third kappa shape index (κ3) is 3.23. The predicted octanol–water partition coefficient (Wildman–Crippen LogP) is 2.77. The summed E-state index contributed by atoms with van der Waals surface area (Å²) in [7, 11) is 0. The maximum absolute atomic E-state index is 13.7. The molecule has 2 heterocycles. The highest BCUT2D eigenvalue weighted by Crippen LogP contribution is 2.19. The van der Waals surface area contributed by atoms with Crippen molar-refractivity contribution in [3.05, 3.63) is 47.0 Å². The molecule has 0 saturated carbocycles. The molecule has 0 unspecified atom stereocenters. The van der Waals surface area contributed by atoms with Gasteiger partial charge in [0.1, 0.15) is 17.5 Å². The number of nitrogens with zero attached hydrogens (tertiary/aromatic N) is 3. The van der Waals surface area contributed by atoms with Crippen molar-refractivity contribution in [3.63, 3.8) is 0 Å². The van der Waals surface area contributed by atoms with Crippen LogP contribution in [0.25, 0.3) is 0 Å². The molecule has 1 amide bonds. The Hall–Kier alpha value is -2.31. The molecule has 1 N–H and O–H groups in total. The zero-order chi connectivity index (χ0) is 16.4. The molecule has 0 aliphatic carbocycles. The first-order valence-corrected chi connectivity index (χ1v) is 7.74. The molecule has 2 aromatic rings. The highest BCUT2D eigenvalue weighted by atomic mass is 19.1. The minimum Gasteiger partial charge on any atom is -0.342 e. The van der Waals surface area contributed by atoms with Gasteiger partial charge in [-0.15, -0.1) is 10.2 Å². The van der Waals surface area contributed by atoms with Gasteiger partial charge in [0.25, 0.3) is 5.91 Å². The van der Waals surface area contributed by atoms with E-state index < -0.39 is 23.6 Å². The van der Waals surface area contributed by atoms with Crippen LogP contribution in [0.4, 0.5) is 8.78 Å². The minimum absolute atomic E-state index is 0.313. The van der Waals surface area contributed by atoms with Gasteiger partial charge < -0.3 is 9.88 Å². The number of carbonyl (C=O) groups is 1. The van der Waals surface area contributed by atoms with E-state index in [0.29, 0.717) is 5.82 Å². The van der Waals surface area contributed by atoms with E-state index in [4.69, 9.17) is 0 Å². The maximum atomic E-state index is 13.7. The van der Waals surface area contributed by atoms with Crippen molar-refractivity contribution in [1.29, 1.82) is 0 Å². The lowest BCUT2D eigenvalue weighted by molar-refractivity contribution is 0.0933. The summed E-state index contributed by atoms with van der Waals surface area (Å²) in [6.45, 7) is 2.57. The Kier molecular flexibility index (Phi) is 4.36. The Bertz CT molecular complexity index is 729. The van der Waals surface area contributed by atoms with Gasteiger partial charge in [-0.25, -0.2) is 8.78 Å². The number of hydrogen-bond donors (Lipinski definition) is 1. The highest BCUT2D eigenvalue weighted by Gasteiger charge is 2.22. The molecule has 1 aliphatic rings. The lowest BCUT2D eigenvalue weighted by Gasteiger charge is -2.15. The summed E-state index contributed by atoms with van der Waals surface area (Å²) >= 11 is 0. The Morgan fingerprint density at radius 1 is 1.26 bits per heavy atom. The van der Waals surface area contributed by atoms with E-state index in [-0.39, 0.29) is 5.56 Å². The van der Waals surface area contributed by atoms with Crippen molar-refractivity contribution in [2.45, 2.75) is 45.2 Å². The van der Waals surface area contributed by atoms with Gasteiger partial charge in [-0.05, 0) is 38.0 Å². The summed E-state index contributed by atoms with van der Waals surface area (Å²) in [5, 5.41) is 11.0. The van der Waals surface area contributed by atoms with E-state index in [1.807, 2.05) is 4.57 Å². The molecule has 5 nitrogen and oxygen atoms in total. The van der Waals surface area contributed by atoms with E-state index in [2.05, 4.69) is 15.5 Å². The molecule has 3 rings (SSSR count). The van der Waals surface area contributed by atoms with Crippen LogP contribution in [0.1, 0.15) is 54.2 Å². The predicted molar refractivity (Wildman–Crippen MR) is 79.8 cm³/mol. The Balaban J connectivity index is 1.79. The van der Waals surface area contributed by atoms with E-state index >= 15 is 0 Å². The number of hydrogen-bond acceptors (Lipinski definition) is 3. The first-order valence-electron chi connectivity index (χ1n) is 7.74. The van der Waals surface area contributed by atoms with E-state index in [1.54, 1.807) is 6.92 Å². The number of benzene rings is 1. The summed E-state index contributed by atoms with van der Waals surface area (Å²) in [6, 6.07) is 2.37. The maximum Gasteiger partial charge on any atom is 0.254 e. The molecule has 1 aromatic heterocycles. The van der Waals surface area contributed by atoms with Crippen molar-refractivity contribution in [2.75, 3.05) is 0 Å². The lowest BCUT2D eigenvalue weighted by Crippen LogP contribution is -2.29. The number of amides is 1. The van der Waals surface area contributed by atoms with Crippen LogP contribution in [0.2, 0.25) is 0 Å². The molecular formula is C16H18F2N4O. The van der Waals surface area contributed by atoms with E-state index in [0.717, 1.165) is 56.3 Å². The van der Waals surface area contributed by atoms with Gasteiger partial charge in [-0.3, -0.25) is 4.79 Å². The van der Waals surface area contributed by atoms with Crippen LogP contribution in [0.15, 0.2) is 18.2 Å². The van der Waals surface area contributed by atoms with E-state index in [1.165, 1.54) is 0 Å². The largest absolute Gasteiger partial charge is 0.342 e. The summed E-state index contributed by atoms with van der Waals surface area (Å²) in [4.78, 5) is 12.2. The zero-order valence-corrected chi connectivity index (χ0v) is 12.9. The molecule has 1 aromatic carbocycles. The summed E-state index contributed by atoms with van der Waals surface area (Å²) in [5.74, 6) is -0.514. The number of fused-ring (bicyclic) bond motifs is 1. The average molecular weight is 320 g/mol. The van der Waals surface area contributed by atoms with Crippen LogP contribution in [-0.4, -0.2) is 20.7 Å². The van der Waals surface area contributed by atoms with Crippen LogP contribution in [0.5, 0.6) is 0 Å². The Morgan fingerprint density at radius 3 is 2.91 bits per heavy atom. The molecule has 0 spiro atoms. The summed E-state index contributed by atoms with van der Waals surface area (Å²) in [6.07, 6.45) is 4.12. The highest BCUT2D eigenvalue weighted by molar-refractivity contribution is 5.94. The number of nitrogens with one attached hydrogen (secondary N) is 1. The van der Waals surface area contributed by atoms with Crippen LogP contribution in [0, 0.1) is 11.6 Å². The molecule has 1 atom stereocenters.